The van der Waals surface area contributed by atoms with Crippen LogP contribution >= 0.6 is 22.9 Å². The van der Waals surface area contributed by atoms with Gasteiger partial charge in [-0.3, -0.25) is 4.79 Å². The second-order valence-electron chi connectivity index (χ2n) is 7.72. The number of hydrogen-bond donors (Lipinski definition) is 0. The molecule has 2 aromatic heterocycles. The minimum Gasteiger partial charge on any atom is -0.361 e. The lowest BCUT2D eigenvalue weighted by Crippen LogP contribution is -2.10. The zero-order valence-electron chi connectivity index (χ0n) is 17.5. The van der Waals surface area contributed by atoms with E-state index < -0.39 is 0 Å². The smallest absolute Gasteiger partial charge is 0.173 e. The van der Waals surface area contributed by atoms with Gasteiger partial charge in [0, 0.05) is 31.0 Å². The second-order valence-corrected chi connectivity index (χ2v) is 9.44. The topological polar surface area (TPSA) is 46.3 Å². The van der Waals surface area contributed by atoms with E-state index in [1.54, 1.807) is 12.1 Å². The maximum Gasteiger partial charge on any atom is 0.173 e. The SMILES string of the molecule is CN(C)Cc1cccc(-c2ccc(-c3cc(CCC(=O)c4ccc(Cl)s4)on3)cc2)c1. The number of carbonyl (C=O) groups is 1. The maximum absolute atomic E-state index is 12.3. The van der Waals surface area contributed by atoms with Crippen molar-refractivity contribution in [2.24, 2.45) is 0 Å². The number of carbonyl (C=O) groups excluding carboxylic acids is 1. The molecule has 0 amide bonds. The molecular weight excluding hydrogens is 428 g/mol. The normalized spacial score (nSPS) is 11.2. The van der Waals surface area contributed by atoms with Crippen LogP contribution in [-0.4, -0.2) is 29.9 Å². The Morgan fingerprint density at radius 2 is 1.77 bits per heavy atom. The van der Waals surface area contributed by atoms with Gasteiger partial charge in [0.15, 0.2) is 5.78 Å². The zero-order chi connectivity index (χ0) is 21.8. The first kappa shape index (κ1) is 21.5. The van der Waals surface area contributed by atoms with Crippen LogP contribution in [0.3, 0.4) is 0 Å². The third-order valence-corrected chi connectivity index (χ3v) is 6.22. The van der Waals surface area contributed by atoms with Crippen LogP contribution in [0.1, 0.15) is 27.4 Å². The quantitative estimate of drug-likeness (QED) is 0.284. The summed E-state index contributed by atoms with van der Waals surface area (Å²) < 4.78 is 6.07. The molecule has 0 unspecified atom stereocenters. The second kappa shape index (κ2) is 9.60. The van der Waals surface area contributed by atoms with Crippen LogP contribution in [-0.2, 0) is 13.0 Å². The van der Waals surface area contributed by atoms with Gasteiger partial charge in [-0.15, -0.1) is 11.3 Å². The highest BCUT2D eigenvalue weighted by molar-refractivity contribution is 7.18. The van der Waals surface area contributed by atoms with E-state index in [-0.39, 0.29) is 5.78 Å². The number of benzene rings is 2. The first-order valence-corrected chi connectivity index (χ1v) is 11.3. The van der Waals surface area contributed by atoms with Gasteiger partial charge in [-0.2, -0.15) is 0 Å². The Morgan fingerprint density at radius 3 is 2.48 bits per heavy atom. The highest BCUT2D eigenvalue weighted by Crippen LogP contribution is 2.27. The Bertz CT molecular complexity index is 1180. The Balaban J connectivity index is 1.42. The van der Waals surface area contributed by atoms with Crippen molar-refractivity contribution in [3.63, 3.8) is 0 Å². The zero-order valence-corrected chi connectivity index (χ0v) is 19.0. The number of Topliss-reactive ketones (excluding diaryl/α,β-unsaturated/α-hetero) is 1. The van der Waals surface area contributed by atoms with Crippen molar-refractivity contribution in [3.8, 4) is 22.4 Å². The molecule has 0 saturated carbocycles. The Morgan fingerprint density at radius 1 is 1.00 bits per heavy atom. The van der Waals surface area contributed by atoms with Crippen LogP contribution in [0.5, 0.6) is 0 Å². The van der Waals surface area contributed by atoms with Gasteiger partial charge in [0.05, 0.1) is 9.21 Å². The number of nitrogens with zero attached hydrogens (tertiary/aromatic N) is 2. The van der Waals surface area contributed by atoms with Gasteiger partial charge in [0.1, 0.15) is 11.5 Å². The fourth-order valence-electron chi connectivity index (χ4n) is 3.44. The first-order valence-electron chi connectivity index (χ1n) is 10.1. The summed E-state index contributed by atoms with van der Waals surface area (Å²) in [7, 11) is 4.14. The largest absolute Gasteiger partial charge is 0.361 e. The van der Waals surface area contributed by atoms with E-state index in [0.717, 1.165) is 23.4 Å². The van der Waals surface area contributed by atoms with Crippen molar-refractivity contribution < 1.29 is 9.32 Å². The van der Waals surface area contributed by atoms with Crippen LogP contribution in [0.15, 0.2) is 71.3 Å². The van der Waals surface area contributed by atoms with E-state index in [1.807, 2.05) is 18.2 Å². The van der Waals surface area contributed by atoms with Crippen molar-refractivity contribution in [2.45, 2.75) is 19.4 Å². The number of rotatable bonds is 8. The van der Waals surface area contributed by atoms with E-state index in [1.165, 1.54) is 22.5 Å². The first-order chi connectivity index (χ1) is 15.0. The number of halogens is 1. The summed E-state index contributed by atoms with van der Waals surface area (Å²) in [5, 5.41) is 4.18. The average Bonchev–Trinajstić information content (AvgIpc) is 3.41. The van der Waals surface area contributed by atoms with E-state index in [9.17, 15) is 4.79 Å². The van der Waals surface area contributed by atoms with E-state index in [2.05, 4.69) is 60.6 Å². The molecule has 4 aromatic rings. The van der Waals surface area contributed by atoms with Gasteiger partial charge >= 0.3 is 0 Å². The molecule has 0 aliphatic heterocycles. The highest BCUT2D eigenvalue weighted by Gasteiger charge is 2.12. The molecule has 0 N–H and O–H groups in total. The lowest BCUT2D eigenvalue weighted by Gasteiger charge is -2.11. The van der Waals surface area contributed by atoms with Crippen LogP contribution in [0.4, 0.5) is 0 Å². The monoisotopic (exact) mass is 450 g/mol. The standard InChI is InChI=1S/C25H23ClN2O2S/c1-28(2)16-17-4-3-5-20(14-17)18-6-8-19(9-7-18)22-15-21(30-27-22)10-11-23(29)24-12-13-25(26)31-24/h3-9,12-15H,10-11,16H2,1-2H3. The number of hydrogen-bond acceptors (Lipinski definition) is 5. The van der Waals surface area contributed by atoms with Gasteiger partial charge in [0.25, 0.3) is 0 Å². The van der Waals surface area contributed by atoms with Crippen LogP contribution in [0.2, 0.25) is 4.34 Å². The molecule has 4 nitrogen and oxygen atoms in total. The van der Waals surface area contributed by atoms with Crippen LogP contribution < -0.4 is 0 Å². The summed E-state index contributed by atoms with van der Waals surface area (Å²) in [5.41, 5.74) is 5.40. The molecule has 0 aliphatic rings. The molecule has 0 spiro atoms. The van der Waals surface area contributed by atoms with Crippen molar-refractivity contribution >= 4 is 28.7 Å². The fraction of sp³-hybridized carbons (Fsp3) is 0.200. The van der Waals surface area contributed by atoms with E-state index in [4.69, 9.17) is 16.1 Å². The molecule has 0 bridgehead atoms. The summed E-state index contributed by atoms with van der Waals surface area (Å²) in [6.45, 7) is 0.912. The van der Waals surface area contributed by atoms with Crippen molar-refractivity contribution in [1.82, 2.24) is 10.1 Å². The molecule has 0 radical (unpaired) electrons. The van der Waals surface area contributed by atoms with Crippen LogP contribution in [0, 0.1) is 0 Å². The van der Waals surface area contributed by atoms with E-state index in [0.29, 0.717) is 27.8 Å². The maximum atomic E-state index is 12.3. The third-order valence-electron chi connectivity index (χ3n) is 4.95. The van der Waals surface area contributed by atoms with Gasteiger partial charge in [0.2, 0.25) is 0 Å². The summed E-state index contributed by atoms with van der Waals surface area (Å²) in [4.78, 5) is 15.1. The minimum atomic E-state index is 0.0655. The van der Waals surface area contributed by atoms with Crippen molar-refractivity contribution in [3.05, 3.63) is 87.3 Å². The summed E-state index contributed by atoms with van der Waals surface area (Å²) in [6, 6.07) is 22.3. The van der Waals surface area contributed by atoms with Crippen molar-refractivity contribution in [2.75, 3.05) is 14.1 Å². The molecule has 0 fully saturated rings. The molecular formula is C25H23ClN2O2S. The van der Waals surface area contributed by atoms with Gasteiger partial charge in [-0.25, -0.2) is 0 Å². The summed E-state index contributed by atoms with van der Waals surface area (Å²) in [5.74, 6) is 0.766. The molecule has 2 heterocycles. The predicted octanol–water partition coefficient (Wildman–Crippen LogP) is 6.60. The summed E-state index contributed by atoms with van der Waals surface area (Å²) >= 11 is 7.21. The number of ketones is 1. The lowest BCUT2D eigenvalue weighted by atomic mass is 10.0. The predicted molar refractivity (Wildman–Crippen MR) is 127 cm³/mol. The average molecular weight is 451 g/mol. The molecule has 31 heavy (non-hydrogen) atoms. The van der Waals surface area contributed by atoms with Gasteiger partial charge in [-0.05, 0) is 49.0 Å². The summed E-state index contributed by atoms with van der Waals surface area (Å²) in [6.07, 6.45) is 0.881. The third kappa shape index (κ3) is 5.50. The minimum absolute atomic E-state index is 0.0655. The molecule has 4 rings (SSSR count). The number of aryl methyl sites for hydroxylation is 1. The Kier molecular flexibility index (Phi) is 6.66. The van der Waals surface area contributed by atoms with E-state index >= 15 is 0 Å². The molecule has 6 heteroatoms. The van der Waals surface area contributed by atoms with Gasteiger partial charge < -0.3 is 9.42 Å². The fourth-order valence-corrected chi connectivity index (χ4v) is 4.45. The number of thiophene rings is 1. The Labute approximate surface area is 191 Å². The molecule has 2 aromatic carbocycles. The molecule has 0 saturated heterocycles. The lowest BCUT2D eigenvalue weighted by molar-refractivity contribution is 0.0984. The number of aromatic nitrogens is 1. The van der Waals surface area contributed by atoms with Gasteiger partial charge in [-0.1, -0.05) is 59.2 Å². The Hall–Kier alpha value is -2.73. The molecule has 0 aliphatic carbocycles. The van der Waals surface area contributed by atoms with Crippen LogP contribution in [0.25, 0.3) is 22.4 Å². The highest BCUT2D eigenvalue weighted by atomic mass is 35.5. The molecule has 158 valence electrons. The van der Waals surface area contributed by atoms with Crippen molar-refractivity contribution in [1.29, 1.82) is 0 Å². The molecule has 0 atom stereocenters.